The van der Waals surface area contributed by atoms with Crippen molar-refractivity contribution in [2.45, 2.75) is 36.8 Å². The minimum absolute atomic E-state index is 0.0284. The summed E-state index contributed by atoms with van der Waals surface area (Å²) in [5, 5.41) is 20.0. The largest absolute Gasteiger partial charge is 0.497 e. The summed E-state index contributed by atoms with van der Waals surface area (Å²) in [6.07, 6.45) is 3.52. The molecule has 0 spiro atoms. The lowest BCUT2D eigenvalue weighted by Gasteiger charge is -2.69. The van der Waals surface area contributed by atoms with Gasteiger partial charge in [0.1, 0.15) is 5.75 Å². The fraction of sp³-hybridized carbons (Fsp3) is 0.438. The van der Waals surface area contributed by atoms with Crippen LogP contribution in [0.3, 0.4) is 0 Å². The van der Waals surface area contributed by atoms with E-state index in [1.54, 1.807) is 7.11 Å². The van der Waals surface area contributed by atoms with Crippen molar-refractivity contribution in [2.24, 2.45) is 0 Å². The van der Waals surface area contributed by atoms with Crippen LogP contribution < -0.4 is 10.1 Å². The van der Waals surface area contributed by atoms with Crippen LogP contribution in [0.4, 0.5) is 4.79 Å². The number of methoxy groups -OCH3 is 1. The highest BCUT2D eigenvalue weighted by molar-refractivity contribution is 5.67. The summed E-state index contributed by atoms with van der Waals surface area (Å²) >= 11 is 0. The van der Waals surface area contributed by atoms with Crippen LogP contribution in [0.25, 0.3) is 0 Å². The molecule has 1 aromatic carbocycles. The van der Waals surface area contributed by atoms with Gasteiger partial charge in [-0.2, -0.15) is 0 Å². The zero-order valence-corrected chi connectivity index (χ0v) is 12.8. The van der Waals surface area contributed by atoms with Crippen LogP contribution in [-0.2, 0) is 12.0 Å². The summed E-state index contributed by atoms with van der Waals surface area (Å²) in [7, 11) is 1.65. The number of ether oxygens (including phenoxy) is 1. The average Bonchev–Trinajstić information content (AvgIpc) is 2.90. The molecule has 3 saturated carbocycles. The Kier molecular flexibility index (Phi) is 2.88. The Labute approximate surface area is 133 Å². The zero-order chi connectivity index (χ0) is 16.1. The van der Waals surface area contributed by atoms with E-state index in [0.29, 0.717) is 6.54 Å². The molecule has 2 N–H and O–H groups in total. The number of carbonyl (C=O) groups is 1. The summed E-state index contributed by atoms with van der Waals surface area (Å²) in [6.45, 7) is 0.658. The molecule has 0 radical (unpaired) electrons. The summed E-state index contributed by atoms with van der Waals surface area (Å²) < 4.78 is 6.98. The quantitative estimate of drug-likeness (QED) is 0.878. The number of nitrogens with one attached hydrogen (secondary N) is 1. The monoisotopic (exact) mass is 314 g/mol. The van der Waals surface area contributed by atoms with Gasteiger partial charge in [-0.25, -0.2) is 9.48 Å². The molecule has 23 heavy (non-hydrogen) atoms. The number of benzene rings is 1. The molecule has 2 bridgehead atoms. The fourth-order valence-corrected chi connectivity index (χ4v) is 3.96. The lowest BCUT2D eigenvalue weighted by molar-refractivity contribution is -0.0849. The topological polar surface area (TPSA) is 89.3 Å². The first-order valence-electron chi connectivity index (χ1n) is 7.57. The van der Waals surface area contributed by atoms with E-state index >= 15 is 0 Å². The Morgan fingerprint density at radius 1 is 1.35 bits per heavy atom. The van der Waals surface area contributed by atoms with E-state index in [4.69, 9.17) is 9.84 Å². The zero-order valence-electron chi connectivity index (χ0n) is 12.8. The highest BCUT2D eigenvalue weighted by Gasteiger charge is 2.70. The van der Waals surface area contributed by atoms with E-state index in [1.165, 1.54) is 0 Å². The molecule has 3 aliphatic carbocycles. The first kappa shape index (κ1) is 14.0. The molecule has 3 aliphatic rings. The number of carboxylic acid groups (broad SMARTS) is 1. The van der Waals surface area contributed by atoms with Crippen molar-refractivity contribution in [1.29, 1.82) is 0 Å². The molecule has 7 nitrogen and oxygen atoms in total. The Morgan fingerprint density at radius 2 is 2.04 bits per heavy atom. The molecule has 120 valence electrons. The summed E-state index contributed by atoms with van der Waals surface area (Å²) in [4.78, 5) is 10.8. The van der Waals surface area contributed by atoms with Crippen LogP contribution in [-0.4, -0.2) is 38.8 Å². The van der Waals surface area contributed by atoms with Gasteiger partial charge in [-0.15, -0.1) is 5.10 Å². The molecule has 0 unspecified atom stereocenters. The van der Waals surface area contributed by atoms with Gasteiger partial charge in [0.2, 0.25) is 0 Å². The van der Waals surface area contributed by atoms with Crippen molar-refractivity contribution in [2.75, 3.05) is 7.11 Å². The lowest BCUT2D eigenvalue weighted by Crippen LogP contribution is -2.76. The van der Waals surface area contributed by atoms with Crippen LogP contribution in [0.1, 0.15) is 30.5 Å². The normalized spacial score (nSPS) is 27.7. The molecule has 0 aliphatic heterocycles. The molecule has 7 heteroatoms. The smallest absolute Gasteiger partial charge is 0.405 e. The number of aromatic nitrogens is 3. The van der Waals surface area contributed by atoms with Crippen LogP contribution in [0.15, 0.2) is 30.5 Å². The van der Waals surface area contributed by atoms with E-state index in [1.807, 2.05) is 35.1 Å². The van der Waals surface area contributed by atoms with Crippen molar-refractivity contribution >= 4 is 6.09 Å². The summed E-state index contributed by atoms with van der Waals surface area (Å²) in [5.74, 6) is 0.832. The number of nitrogens with zero attached hydrogens (tertiary/aromatic N) is 3. The molecular weight excluding hydrogens is 296 g/mol. The van der Waals surface area contributed by atoms with Gasteiger partial charge in [-0.1, -0.05) is 17.3 Å². The average molecular weight is 314 g/mol. The fourth-order valence-electron chi connectivity index (χ4n) is 3.96. The maximum Gasteiger partial charge on any atom is 0.405 e. The van der Waals surface area contributed by atoms with Crippen LogP contribution in [0.2, 0.25) is 0 Å². The van der Waals surface area contributed by atoms with Gasteiger partial charge in [-0.3, -0.25) is 0 Å². The Balaban J connectivity index is 1.41. The minimum Gasteiger partial charge on any atom is -0.497 e. The van der Waals surface area contributed by atoms with Gasteiger partial charge in [0.25, 0.3) is 0 Å². The third kappa shape index (κ3) is 2.23. The second kappa shape index (κ2) is 4.71. The van der Waals surface area contributed by atoms with E-state index < -0.39 is 6.09 Å². The second-order valence-electron chi connectivity index (χ2n) is 6.67. The molecule has 5 rings (SSSR count). The number of amides is 1. The number of rotatable bonds is 5. The molecule has 1 amide bonds. The number of hydrogen-bond donors (Lipinski definition) is 2. The Hall–Kier alpha value is -2.57. The van der Waals surface area contributed by atoms with Crippen LogP contribution in [0.5, 0.6) is 5.75 Å². The Bertz CT molecular complexity index is 733. The van der Waals surface area contributed by atoms with Gasteiger partial charge in [0.15, 0.2) is 0 Å². The van der Waals surface area contributed by atoms with Crippen molar-refractivity contribution in [1.82, 2.24) is 20.3 Å². The van der Waals surface area contributed by atoms with Gasteiger partial charge in [-0.05, 0) is 37.0 Å². The standard InChI is InChI=1S/C16H18N4O3/c1-23-12-4-2-11(3-5-12)6-20-7-13(18-19-20)15-8-16(9-15,10-15)17-14(21)22/h2-5,7,17H,6,8-10H2,1H3,(H,21,22). The summed E-state index contributed by atoms with van der Waals surface area (Å²) in [5.41, 5.74) is 1.91. The first-order chi connectivity index (χ1) is 11.0. The molecule has 2 aromatic rings. The highest BCUT2D eigenvalue weighted by atomic mass is 16.5. The maximum atomic E-state index is 10.8. The van der Waals surface area contributed by atoms with Gasteiger partial charge >= 0.3 is 6.09 Å². The van der Waals surface area contributed by atoms with Gasteiger partial charge < -0.3 is 15.2 Å². The third-order valence-electron chi connectivity index (χ3n) is 4.99. The van der Waals surface area contributed by atoms with Crippen molar-refractivity contribution in [3.63, 3.8) is 0 Å². The molecular formula is C16H18N4O3. The first-order valence-corrected chi connectivity index (χ1v) is 7.57. The van der Waals surface area contributed by atoms with Gasteiger partial charge in [0.05, 0.1) is 19.3 Å². The van der Waals surface area contributed by atoms with E-state index in [-0.39, 0.29) is 11.0 Å². The van der Waals surface area contributed by atoms with Gasteiger partial charge in [0, 0.05) is 17.2 Å². The molecule has 1 heterocycles. The number of hydrogen-bond acceptors (Lipinski definition) is 4. The maximum absolute atomic E-state index is 10.8. The minimum atomic E-state index is -0.943. The van der Waals surface area contributed by atoms with Crippen molar-refractivity contribution in [3.8, 4) is 5.75 Å². The van der Waals surface area contributed by atoms with E-state index in [0.717, 1.165) is 36.3 Å². The van der Waals surface area contributed by atoms with Crippen molar-refractivity contribution < 1.29 is 14.6 Å². The van der Waals surface area contributed by atoms with Crippen LogP contribution in [0, 0.1) is 0 Å². The van der Waals surface area contributed by atoms with E-state index in [9.17, 15) is 4.79 Å². The van der Waals surface area contributed by atoms with Crippen LogP contribution >= 0.6 is 0 Å². The molecule has 0 saturated heterocycles. The molecule has 0 atom stereocenters. The second-order valence-corrected chi connectivity index (χ2v) is 6.67. The summed E-state index contributed by atoms with van der Waals surface area (Å²) in [6, 6.07) is 7.87. The molecule has 3 fully saturated rings. The Morgan fingerprint density at radius 3 is 2.65 bits per heavy atom. The lowest BCUT2D eigenvalue weighted by atomic mass is 9.38. The SMILES string of the molecule is COc1ccc(Cn2cc(C34CC(NC(=O)O)(C3)C4)nn2)cc1. The predicted octanol–water partition coefficient (Wildman–Crippen LogP) is 1.78. The highest BCUT2D eigenvalue weighted by Crippen LogP contribution is 2.67. The van der Waals surface area contributed by atoms with E-state index in [2.05, 4.69) is 15.6 Å². The van der Waals surface area contributed by atoms with Crippen molar-refractivity contribution in [3.05, 3.63) is 41.7 Å². The third-order valence-corrected chi connectivity index (χ3v) is 4.99. The molecule has 1 aromatic heterocycles. The predicted molar refractivity (Wildman–Crippen MR) is 81.5 cm³/mol.